The maximum absolute atomic E-state index is 10.0. The third kappa shape index (κ3) is 3.63. The summed E-state index contributed by atoms with van der Waals surface area (Å²) in [5.41, 5.74) is 0. The standard InChI is InChI=1S/C6H12O6/c7-2-5(10)3(8)1-4(9)6(11)12/h3-5,7-10H,1-2H2,(H,11,12)/t3-,4-,5?/m0/s1. The largest absolute Gasteiger partial charge is 0.479 e. The number of aliphatic hydroxyl groups excluding tert-OH is 4. The summed E-state index contributed by atoms with van der Waals surface area (Å²) in [7, 11) is 0. The van der Waals surface area contributed by atoms with Crippen LogP contribution in [-0.4, -0.2) is 56.4 Å². The van der Waals surface area contributed by atoms with Crippen LogP contribution in [0, 0.1) is 0 Å². The highest BCUT2D eigenvalue weighted by atomic mass is 16.4. The van der Waals surface area contributed by atoms with Crippen LogP contribution < -0.4 is 0 Å². The zero-order chi connectivity index (χ0) is 9.72. The first-order valence-electron chi connectivity index (χ1n) is 3.37. The molecule has 1 unspecified atom stereocenters. The second-order valence-corrected chi connectivity index (χ2v) is 2.41. The maximum Gasteiger partial charge on any atom is 0.332 e. The zero-order valence-electron chi connectivity index (χ0n) is 6.29. The van der Waals surface area contributed by atoms with Gasteiger partial charge in [-0.3, -0.25) is 0 Å². The third-order valence-electron chi connectivity index (χ3n) is 1.38. The van der Waals surface area contributed by atoms with Gasteiger partial charge in [0, 0.05) is 6.42 Å². The van der Waals surface area contributed by atoms with E-state index in [1.54, 1.807) is 0 Å². The molecule has 6 nitrogen and oxygen atoms in total. The molecule has 0 aromatic rings. The molecular formula is C6H12O6. The predicted octanol–water partition coefficient (Wildman–Crippen LogP) is -2.46. The molecule has 0 spiro atoms. The average Bonchev–Trinajstić information content (AvgIpc) is 2.02. The Morgan fingerprint density at radius 2 is 1.67 bits per heavy atom. The molecule has 0 aliphatic heterocycles. The number of aliphatic carboxylic acids is 1. The van der Waals surface area contributed by atoms with Crippen LogP contribution in [0.4, 0.5) is 0 Å². The summed E-state index contributed by atoms with van der Waals surface area (Å²) in [4.78, 5) is 10.0. The molecule has 0 aliphatic carbocycles. The maximum atomic E-state index is 10.0. The number of hydrogen-bond donors (Lipinski definition) is 5. The van der Waals surface area contributed by atoms with E-state index in [1.807, 2.05) is 0 Å². The Labute approximate surface area is 68.7 Å². The summed E-state index contributed by atoms with van der Waals surface area (Å²) >= 11 is 0. The fraction of sp³-hybridized carbons (Fsp3) is 0.833. The molecule has 0 bridgehead atoms. The molecule has 0 saturated heterocycles. The van der Waals surface area contributed by atoms with Crippen molar-refractivity contribution in [3.63, 3.8) is 0 Å². The van der Waals surface area contributed by atoms with Gasteiger partial charge in [0.1, 0.15) is 6.10 Å². The van der Waals surface area contributed by atoms with E-state index < -0.39 is 37.3 Å². The van der Waals surface area contributed by atoms with E-state index >= 15 is 0 Å². The molecule has 0 rings (SSSR count). The topological polar surface area (TPSA) is 118 Å². The Morgan fingerprint density at radius 1 is 1.17 bits per heavy atom. The molecule has 72 valence electrons. The first-order valence-corrected chi connectivity index (χ1v) is 3.37. The predicted molar refractivity (Wildman–Crippen MR) is 37.4 cm³/mol. The molecule has 6 heteroatoms. The Hall–Kier alpha value is -0.690. The van der Waals surface area contributed by atoms with E-state index in [4.69, 9.17) is 25.5 Å². The van der Waals surface area contributed by atoms with E-state index in [-0.39, 0.29) is 0 Å². The minimum absolute atomic E-state index is 0.503. The smallest absolute Gasteiger partial charge is 0.332 e. The van der Waals surface area contributed by atoms with Gasteiger partial charge in [0.2, 0.25) is 0 Å². The molecule has 0 radical (unpaired) electrons. The van der Waals surface area contributed by atoms with Gasteiger partial charge in [-0.15, -0.1) is 0 Å². The van der Waals surface area contributed by atoms with Crippen LogP contribution in [0.1, 0.15) is 6.42 Å². The monoisotopic (exact) mass is 180 g/mol. The first-order chi connectivity index (χ1) is 5.49. The summed E-state index contributed by atoms with van der Waals surface area (Å²) in [5, 5.41) is 42.8. The summed E-state index contributed by atoms with van der Waals surface area (Å²) in [6.45, 7) is -0.673. The molecule has 12 heavy (non-hydrogen) atoms. The van der Waals surface area contributed by atoms with Gasteiger partial charge in [0.05, 0.1) is 12.7 Å². The van der Waals surface area contributed by atoms with Gasteiger partial charge in [-0.25, -0.2) is 4.79 Å². The molecule has 0 amide bonds. The average molecular weight is 180 g/mol. The van der Waals surface area contributed by atoms with Crippen molar-refractivity contribution < 1.29 is 30.3 Å². The van der Waals surface area contributed by atoms with Crippen LogP contribution in [-0.2, 0) is 4.79 Å². The number of rotatable bonds is 5. The minimum Gasteiger partial charge on any atom is -0.479 e. The van der Waals surface area contributed by atoms with Crippen LogP contribution in [0.25, 0.3) is 0 Å². The van der Waals surface area contributed by atoms with Gasteiger partial charge >= 0.3 is 5.97 Å². The van der Waals surface area contributed by atoms with Crippen LogP contribution >= 0.6 is 0 Å². The molecule has 0 heterocycles. The highest BCUT2D eigenvalue weighted by Gasteiger charge is 2.23. The second kappa shape index (κ2) is 5.04. The van der Waals surface area contributed by atoms with Crippen molar-refractivity contribution in [3.05, 3.63) is 0 Å². The normalized spacial score (nSPS) is 18.3. The Morgan fingerprint density at radius 3 is 2.00 bits per heavy atom. The highest BCUT2D eigenvalue weighted by Crippen LogP contribution is 2.02. The van der Waals surface area contributed by atoms with Gasteiger partial charge in [0.15, 0.2) is 6.10 Å². The molecule has 0 aromatic carbocycles. The molecule has 5 N–H and O–H groups in total. The van der Waals surface area contributed by atoms with Crippen LogP contribution in [0.3, 0.4) is 0 Å². The van der Waals surface area contributed by atoms with Crippen LogP contribution in [0.5, 0.6) is 0 Å². The lowest BCUT2D eigenvalue weighted by molar-refractivity contribution is -0.149. The SMILES string of the molecule is O=C(O)[C@@H](O)C[C@H](O)C(O)CO. The summed E-state index contributed by atoms with van der Waals surface area (Å²) < 4.78 is 0. The molecule has 0 saturated carbocycles. The Balaban J connectivity index is 3.83. The number of aliphatic hydroxyl groups is 4. The van der Waals surface area contributed by atoms with Crippen molar-refractivity contribution in [3.8, 4) is 0 Å². The van der Waals surface area contributed by atoms with Gasteiger partial charge in [-0.1, -0.05) is 0 Å². The second-order valence-electron chi connectivity index (χ2n) is 2.41. The van der Waals surface area contributed by atoms with Gasteiger partial charge in [-0.05, 0) is 0 Å². The highest BCUT2D eigenvalue weighted by molar-refractivity contribution is 5.71. The van der Waals surface area contributed by atoms with Gasteiger partial charge in [-0.2, -0.15) is 0 Å². The van der Waals surface area contributed by atoms with E-state index in [1.165, 1.54) is 0 Å². The first kappa shape index (κ1) is 11.3. The van der Waals surface area contributed by atoms with E-state index in [0.29, 0.717) is 0 Å². The van der Waals surface area contributed by atoms with Crippen molar-refractivity contribution >= 4 is 5.97 Å². The fourth-order valence-electron chi connectivity index (χ4n) is 0.608. The van der Waals surface area contributed by atoms with Crippen LogP contribution in [0.15, 0.2) is 0 Å². The zero-order valence-corrected chi connectivity index (χ0v) is 6.29. The molecule has 0 aromatic heterocycles. The lowest BCUT2D eigenvalue weighted by atomic mass is 10.1. The van der Waals surface area contributed by atoms with Crippen molar-refractivity contribution in [2.75, 3.05) is 6.61 Å². The van der Waals surface area contributed by atoms with Crippen molar-refractivity contribution in [2.45, 2.75) is 24.7 Å². The minimum atomic E-state index is -1.72. The molecule has 0 aliphatic rings. The Bertz CT molecular complexity index is 147. The van der Waals surface area contributed by atoms with Crippen molar-refractivity contribution in [1.29, 1.82) is 0 Å². The van der Waals surface area contributed by atoms with E-state index in [2.05, 4.69) is 0 Å². The van der Waals surface area contributed by atoms with Crippen molar-refractivity contribution in [1.82, 2.24) is 0 Å². The van der Waals surface area contributed by atoms with Crippen molar-refractivity contribution in [2.24, 2.45) is 0 Å². The summed E-state index contributed by atoms with van der Waals surface area (Å²) in [5.74, 6) is -1.47. The quantitative estimate of drug-likeness (QED) is 0.320. The molecule has 0 fully saturated rings. The lowest BCUT2D eigenvalue weighted by Crippen LogP contribution is -2.35. The number of hydrogen-bond acceptors (Lipinski definition) is 5. The molecule has 3 atom stereocenters. The van der Waals surface area contributed by atoms with E-state index in [9.17, 15) is 4.79 Å². The number of carboxylic acid groups (broad SMARTS) is 1. The Kier molecular flexibility index (Phi) is 4.75. The van der Waals surface area contributed by atoms with Gasteiger partial charge < -0.3 is 25.5 Å². The summed E-state index contributed by atoms with van der Waals surface area (Å²) in [6.07, 6.45) is -5.07. The van der Waals surface area contributed by atoms with Crippen LogP contribution in [0.2, 0.25) is 0 Å². The molecular weight excluding hydrogens is 168 g/mol. The third-order valence-corrected chi connectivity index (χ3v) is 1.38. The number of carbonyl (C=O) groups is 1. The summed E-state index contributed by atoms with van der Waals surface area (Å²) in [6, 6.07) is 0. The van der Waals surface area contributed by atoms with E-state index in [0.717, 1.165) is 0 Å². The number of carboxylic acids is 1. The van der Waals surface area contributed by atoms with Gasteiger partial charge in [0.25, 0.3) is 0 Å². The fourth-order valence-corrected chi connectivity index (χ4v) is 0.608. The lowest BCUT2D eigenvalue weighted by Gasteiger charge is -2.16.